The van der Waals surface area contributed by atoms with Gasteiger partial charge in [-0.25, -0.2) is 0 Å². The molecule has 1 aromatic heterocycles. The number of pyridine rings is 1. The summed E-state index contributed by atoms with van der Waals surface area (Å²) in [6.45, 7) is 9.33. The van der Waals surface area contributed by atoms with Crippen LogP contribution in [0.25, 0.3) is 33.0 Å². The Morgan fingerprint density at radius 1 is 0.756 bits per heavy atom. The molecule has 1 aliphatic heterocycles. The molecule has 0 saturated carbocycles. The Kier molecular flexibility index (Phi) is 7.53. The van der Waals surface area contributed by atoms with Crippen LogP contribution in [0.4, 0.5) is 11.4 Å². The summed E-state index contributed by atoms with van der Waals surface area (Å²) < 4.78 is 2.33. The number of nitrogens with zero attached hydrogens (tertiary/aromatic N) is 2. The zero-order chi connectivity index (χ0) is 31.2. The van der Waals surface area contributed by atoms with Gasteiger partial charge < -0.3 is 4.90 Å². The number of anilines is 2. The van der Waals surface area contributed by atoms with E-state index in [0.29, 0.717) is 5.92 Å². The molecule has 0 unspecified atom stereocenters. The molecular formula is C43H43N2+. The van der Waals surface area contributed by atoms with Crippen molar-refractivity contribution in [2.45, 2.75) is 47.0 Å². The number of aromatic nitrogens is 1. The Morgan fingerprint density at radius 3 is 1.87 bits per heavy atom. The van der Waals surface area contributed by atoms with Crippen LogP contribution in [0.1, 0.15) is 63.6 Å². The number of benzene rings is 4. The maximum Gasteiger partial charge on any atom is 0.213 e. The number of hydrogen-bond acceptors (Lipinski definition) is 1. The molecule has 224 valence electrons. The van der Waals surface area contributed by atoms with E-state index < -0.39 is 0 Å². The van der Waals surface area contributed by atoms with Crippen molar-refractivity contribution in [2.24, 2.45) is 13.0 Å². The Bertz CT molecular complexity index is 1990. The van der Waals surface area contributed by atoms with Crippen LogP contribution >= 0.6 is 0 Å². The summed E-state index contributed by atoms with van der Waals surface area (Å²) in [5.74, 6) is 0.584. The summed E-state index contributed by atoms with van der Waals surface area (Å²) in [5.41, 5.74) is 17.6. The second-order valence-electron chi connectivity index (χ2n) is 13.2. The predicted octanol–water partition coefficient (Wildman–Crippen LogP) is 10.9. The first-order chi connectivity index (χ1) is 21.8. The lowest BCUT2D eigenvalue weighted by atomic mass is 9.86. The Balaban J connectivity index is 1.39. The van der Waals surface area contributed by atoms with Gasteiger partial charge in [0.1, 0.15) is 7.05 Å². The second kappa shape index (κ2) is 11.7. The summed E-state index contributed by atoms with van der Waals surface area (Å²) in [6.07, 6.45) is 8.28. The minimum Gasteiger partial charge on any atom is -0.344 e. The summed E-state index contributed by atoms with van der Waals surface area (Å²) in [6, 6.07) is 35.4. The maximum atomic E-state index is 2.51. The van der Waals surface area contributed by atoms with Gasteiger partial charge in [-0.3, -0.25) is 0 Å². The van der Waals surface area contributed by atoms with E-state index in [9.17, 15) is 0 Å². The lowest BCUT2D eigenvalue weighted by Gasteiger charge is -2.32. The molecule has 5 aromatic rings. The van der Waals surface area contributed by atoms with Crippen molar-refractivity contribution in [3.8, 4) is 0 Å². The second-order valence-corrected chi connectivity index (χ2v) is 13.2. The highest BCUT2D eigenvalue weighted by Gasteiger charge is 2.26. The fourth-order valence-corrected chi connectivity index (χ4v) is 7.74. The van der Waals surface area contributed by atoms with E-state index >= 15 is 0 Å². The van der Waals surface area contributed by atoms with Crippen molar-refractivity contribution in [3.63, 3.8) is 0 Å². The average Bonchev–Trinajstić information content (AvgIpc) is 3.40. The number of rotatable bonds is 5. The molecule has 7 rings (SSSR count). The minimum absolute atomic E-state index is 0.584. The molecule has 0 bridgehead atoms. The summed E-state index contributed by atoms with van der Waals surface area (Å²) in [4.78, 5) is 2.33. The topological polar surface area (TPSA) is 7.12 Å². The van der Waals surface area contributed by atoms with E-state index in [2.05, 4.69) is 160 Å². The van der Waals surface area contributed by atoms with E-state index in [1.807, 2.05) is 0 Å². The van der Waals surface area contributed by atoms with Crippen molar-refractivity contribution in [3.05, 3.63) is 148 Å². The van der Waals surface area contributed by atoms with E-state index in [1.54, 1.807) is 0 Å². The van der Waals surface area contributed by atoms with Crippen LogP contribution in [-0.4, -0.2) is 7.05 Å². The molecule has 0 spiro atoms. The molecule has 0 fully saturated rings. The SMILES string of the molecule is CC(C=C1CCC(/C=C(\C)c2c3ccccc3[n+](C)c3ccccc23)=C1CC(C)C)=C1c2ccccc2N(C)c2ccccc21. The van der Waals surface area contributed by atoms with Crippen LogP contribution in [0, 0.1) is 5.92 Å². The van der Waals surface area contributed by atoms with Crippen LogP contribution < -0.4 is 9.47 Å². The minimum atomic E-state index is 0.584. The van der Waals surface area contributed by atoms with E-state index in [0.717, 1.165) is 19.3 Å². The van der Waals surface area contributed by atoms with Crippen molar-refractivity contribution < 1.29 is 4.57 Å². The summed E-state index contributed by atoms with van der Waals surface area (Å²) in [7, 11) is 4.37. The molecular weight excluding hydrogens is 544 g/mol. The molecule has 2 nitrogen and oxygen atoms in total. The van der Waals surface area contributed by atoms with E-state index in [-0.39, 0.29) is 0 Å². The highest BCUT2D eigenvalue weighted by Crippen LogP contribution is 2.46. The van der Waals surface area contributed by atoms with Gasteiger partial charge >= 0.3 is 0 Å². The third-order valence-corrected chi connectivity index (χ3v) is 9.76. The third-order valence-electron chi connectivity index (χ3n) is 9.76. The van der Waals surface area contributed by atoms with Crippen molar-refractivity contribution in [2.75, 3.05) is 11.9 Å². The normalized spacial score (nSPS) is 15.9. The molecule has 2 aliphatic rings. The van der Waals surface area contributed by atoms with Gasteiger partial charge in [0.05, 0.1) is 10.8 Å². The molecule has 1 aliphatic carbocycles. The third kappa shape index (κ3) is 5.03. The van der Waals surface area contributed by atoms with Gasteiger partial charge in [-0.1, -0.05) is 86.7 Å². The lowest BCUT2D eigenvalue weighted by molar-refractivity contribution is -0.617. The number of allylic oxidation sites excluding steroid dienone is 7. The Morgan fingerprint density at radius 2 is 1.29 bits per heavy atom. The zero-order valence-electron chi connectivity index (χ0n) is 27.5. The molecule has 4 aromatic carbocycles. The monoisotopic (exact) mass is 587 g/mol. The first kappa shape index (κ1) is 29.0. The summed E-state index contributed by atoms with van der Waals surface area (Å²) in [5, 5.41) is 2.62. The number of para-hydroxylation sites is 4. The van der Waals surface area contributed by atoms with Crippen LogP contribution in [0.15, 0.2) is 132 Å². The van der Waals surface area contributed by atoms with Crippen LogP contribution in [-0.2, 0) is 7.05 Å². The van der Waals surface area contributed by atoms with Gasteiger partial charge in [0, 0.05) is 47.2 Å². The summed E-state index contributed by atoms with van der Waals surface area (Å²) >= 11 is 0. The van der Waals surface area contributed by atoms with Gasteiger partial charge in [-0.15, -0.1) is 0 Å². The van der Waals surface area contributed by atoms with Crippen molar-refractivity contribution in [1.82, 2.24) is 0 Å². The maximum absolute atomic E-state index is 2.51. The molecule has 2 heteroatoms. The van der Waals surface area contributed by atoms with Gasteiger partial charge in [-0.05, 0) is 96.7 Å². The quantitative estimate of drug-likeness (QED) is 0.147. The predicted molar refractivity (Wildman–Crippen MR) is 193 cm³/mol. The molecule has 2 heterocycles. The van der Waals surface area contributed by atoms with E-state index in [1.165, 1.54) is 83.3 Å². The Labute approximate surface area is 268 Å². The van der Waals surface area contributed by atoms with Crippen LogP contribution in [0.2, 0.25) is 0 Å². The van der Waals surface area contributed by atoms with Gasteiger partial charge in [-0.2, -0.15) is 4.57 Å². The van der Waals surface area contributed by atoms with E-state index in [4.69, 9.17) is 0 Å². The fourth-order valence-electron chi connectivity index (χ4n) is 7.74. The smallest absolute Gasteiger partial charge is 0.213 e. The molecule has 0 amide bonds. The fraction of sp³-hybridized carbons (Fsp3) is 0.233. The van der Waals surface area contributed by atoms with Gasteiger partial charge in [0.15, 0.2) is 0 Å². The number of hydrogen-bond donors (Lipinski definition) is 0. The lowest BCUT2D eigenvalue weighted by Crippen LogP contribution is -2.30. The number of aryl methyl sites for hydroxylation is 1. The van der Waals surface area contributed by atoms with Crippen molar-refractivity contribution in [1.29, 1.82) is 0 Å². The van der Waals surface area contributed by atoms with Crippen LogP contribution in [0.5, 0.6) is 0 Å². The average molecular weight is 588 g/mol. The van der Waals surface area contributed by atoms with Crippen molar-refractivity contribution >= 4 is 44.3 Å². The first-order valence-electron chi connectivity index (χ1n) is 16.4. The van der Waals surface area contributed by atoms with Crippen LogP contribution in [0.3, 0.4) is 0 Å². The molecule has 0 N–H and O–H groups in total. The number of fused-ring (bicyclic) bond motifs is 4. The molecule has 0 saturated heterocycles. The molecule has 45 heavy (non-hydrogen) atoms. The zero-order valence-corrected chi connectivity index (χ0v) is 27.5. The van der Waals surface area contributed by atoms with Gasteiger partial charge in [0.25, 0.3) is 0 Å². The van der Waals surface area contributed by atoms with Gasteiger partial charge in [0.2, 0.25) is 11.0 Å². The standard InChI is InChI=1S/C43H43N2/c1-28(2)25-37-31(26-29(3)42-33-15-7-11-19-38(33)44(5)39-20-12-8-16-34(39)42)23-24-32(37)27-30(4)43-35-17-9-13-21-40(35)45(6)41-22-14-10-18-36(41)43/h7-22,26-28H,23-25H2,1-6H3/q+1. The largest absolute Gasteiger partial charge is 0.344 e. The highest BCUT2D eigenvalue weighted by molar-refractivity contribution is 6.03. The first-order valence-corrected chi connectivity index (χ1v) is 16.4. The highest BCUT2D eigenvalue weighted by atomic mass is 15.1. The molecule has 0 atom stereocenters. The Hall–Kier alpha value is -4.69. The molecule has 0 radical (unpaired) electrons.